The van der Waals surface area contributed by atoms with Gasteiger partial charge in [0.1, 0.15) is 5.82 Å². The molecule has 6 nitrogen and oxygen atoms in total. The number of hydrogen-bond acceptors (Lipinski definition) is 3. The molecule has 0 aliphatic carbocycles. The second-order valence-electron chi connectivity index (χ2n) is 5.52. The monoisotopic (exact) mass is 340 g/mol. The summed E-state index contributed by atoms with van der Waals surface area (Å²) in [5, 5.41) is 5.39. The van der Waals surface area contributed by atoms with Gasteiger partial charge in [0.2, 0.25) is 11.9 Å². The summed E-state index contributed by atoms with van der Waals surface area (Å²) in [5.74, 6) is -0.465. The van der Waals surface area contributed by atoms with E-state index in [1.807, 2.05) is 24.3 Å². The van der Waals surface area contributed by atoms with E-state index in [9.17, 15) is 14.0 Å². The predicted octanol–water partition coefficient (Wildman–Crippen LogP) is 2.85. The van der Waals surface area contributed by atoms with Gasteiger partial charge in [-0.1, -0.05) is 12.1 Å². The van der Waals surface area contributed by atoms with Gasteiger partial charge in [0.05, 0.1) is 11.0 Å². The molecule has 0 aliphatic rings. The van der Waals surface area contributed by atoms with Gasteiger partial charge in [-0.05, 0) is 42.8 Å². The van der Waals surface area contributed by atoms with Crippen LogP contribution in [0.3, 0.4) is 0 Å². The summed E-state index contributed by atoms with van der Waals surface area (Å²) < 4.78 is 12.8. The molecular weight excluding hydrogens is 323 g/mol. The molecule has 0 saturated heterocycles. The van der Waals surface area contributed by atoms with E-state index in [4.69, 9.17) is 0 Å². The molecule has 3 rings (SSSR count). The number of imidazole rings is 1. The molecule has 0 atom stereocenters. The van der Waals surface area contributed by atoms with Gasteiger partial charge in [0, 0.05) is 18.5 Å². The number of amides is 2. The Labute approximate surface area is 143 Å². The minimum Gasteiger partial charge on any atom is -0.352 e. The SMILES string of the molecule is O=C(CCCNC(=O)c1ccc(F)cc1)Nc1nc2ccccc2[nH]1. The number of aromatic nitrogens is 2. The summed E-state index contributed by atoms with van der Waals surface area (Å²) in [6.45, 7) is 0.351. The maximum absolute atomic E-state index is 12.8. The number of carbonyl (C=O) groups excluding carboxylic acids is 2. The molecule has 1 aromatic heterocycles. The number of carbonyl (C=O) groups is 2. The Kier molecular flexibility index (Phi) is 5.03. The first-order chi connectivity index (χ1) is 12.1. The number of rotatable bonds is 6. The van der Waals surface area contributed by atoms with E-state index in [0.717, 1.165) is 11.0 Å². The number of anilines is 1. The van der Waals surface area contributed by atoms with Crippen molar-refractivity contribution in [2.24, 2.45) is 0 Å². The summed E-state index contributed by atoms with van der Waals surface area (Å²) in [7, 11) is 0. The zero-order valence-electron chi connectivity index (χ0n) is 13.4. The van der Waals surface area contributed by atoms with E-state index in [-0.39, 0.29) is 24.1 Å². The van der Waals surface area contributed by atoms with Crippen LogP contribution < -0.4 is 10.6 Å². The van der Waals surface area contributed by atoms with Crippen molar-refractivity contribution in [1.82, 2.24) is 15.3 Å². The molecule has 0 aliphatic heterocycles. The van der Waals surface area contributed by atoms with Gasteiger partial charge < -0.3 is 10.3 Å². The van der Waals surface area contributed by atoms with Crippen molar-refractivity contribution < 1.29 is 14.0 Å². The lowest BCUT2D eigenvalue weighted by Crippen LogP contribution is -2.25. The van der Waals surface area contributed by atoms with Gasteiger partial charge in [-0.2, -0.15) is 0 Å². The molecule has 0 spiro atoms. The molecule has 128 valence electrons. The Morgan fingerprint density at radius 3 is 2.60 bits per heavy atom. The van der Waals surface area contributed by atoms with Crippen LogP contribution in [-0.2, 0) is 4.79 Å². The molecule has 1 heterocycles. The van der Waals surface area contributed by atoms with E-state index in [1.165, 1.54) is 24.3 Å². The lowest BCUT2D eigenvalue weighted by Gasteiger charge is -2.05. The minimum absolute atomic E-state index is 0.185. The summed E-state index contributed by atoms with van der Waals surface area (Å²) in [4.78, 5) is 31.0. The average molecular weight is 340 g/mol. The third-order valence-electron chi connectivity index (χ3n) is 3.62. The van der Waals surface area contributed by atoms with E-state index in [0.29, 0.717) is 24.5 Å². The molecule has 0 saturated carbocycles. The van der Waals surface area contributed by atoms with Crippen LogP contribution in [0.1, 0.15) is 23.2 Å². The third-order valence-corrected chi connectivity index (χ3v) is 3.62. The predicted molar refractivity (Wildman–Crippen MR) is 92.7 cm³/mol. The lowest BCUT2D eigenvalue weighted by atomic mass is 10.2. The Morgan fingerprint density at radius 1 is 1.08 bits per heavy atom. The molecule has 2 amide bonds. The quantitative estimate of drug-likeness (QED) is 0.603. The highest BCUT2D eigenvalue weighted by molar-refractivity contribution is 5.94. The van der Waals surface area contributed by atoms with Crippen molar-refractivity contribution in [3.63, 3.8) is 0 Å². The van der Waals surface area contributed by atoms with Crippen molar-refractivity contribution in [3.8, 4) is 0 Å². The topological polar surface area (TPSA) is 86.9 Å². The van der Waals surface area contributed by atoms with Crippen LogP contribution in [-0.4, -0.2) is 28.3 Å². The van der Waals surface area contributed by atoms with Crippen LogP contribution in [0.5, 0.6) is 0 Å². The van der Waals surface area contributed by atoms with Crippen LogP contribution >= 0.6 is 0 Å². The Balaban J connectivity index is 1.41. The number of para-hydroxylation sites is 2. The zero-order chi connectivity index (χ0) is 17.6. The number of fused-ring (bicyclic) bond motifs is 1. The second kappa shape index (κ2) is 7.57. The van der Waals surface area contributed by atoms with Crippen LogP contribution in [0.15, 0.2) is 48.5 Å². The molecule has 0 bridgehead atoms. The van der Waals surface area contributed by atoms with Crippen LogP contribution in [0.25, 0.3) is 11.0 Å². The number of nitrogens with zero attached hydrogens (tertiary/aromatic N) is 1. The van der Waals surface area contributed by atoms with Crippen molar-refractivity contribution in [2.75, 3.05) is 11.9 Å². The number of benzene rings is 2. The van der Waals surface area contributed by atoms with Crippen molar-refractivity contribution >= 4 is 28.8 Å². The standard InChI is InChI=1S/C18H17FN4O2/c19-13-9-7-12(8-10-13)17(25)20-11-3-6-16(24)23-18-21-14-4-1-2-5-15(14)22-18/h1-2,4-5,7-10H,3,6,11H2,(H,20,25)(H2,21,22,23,24). The number of hydrogen-bond donors (Lipinski definition) is 3. The van der Waals surface area contributed by atoms with Crippen molar-refractivity contribution in [2.45, 2.75) is 12.8 Å². The maximum Gasteiger partial charge on any atom is 0.251 e. The Morgan fingerprint density at radius 2 is 1.84 bits per heavy atom. The highest BCUT2D eigenvalue weighted by Gasteiger charge is 2.08. The first-order valence-corrected chi connectivity index (χ1v) is 7.90. The van der Waals surface area contributed by atoms with Crippen molar-refractivity contribution in [1.29, 1.82) is 0 Å². The van der Waals surface area contributed by atoms with Gasteiger partial charge in [0.15, 0.2) is 0 Å². The fourth-order valence-electron chi connectivity index (χ4n) is 2.36. The van der Waals surface area contributed by atoms with Crippen LogP contribution in [0, 0.1) is 5.82 Å². The van der Waals surface area contributed by atoms with Gasteiger partial charge in [0.25, 0.3) is 5.91 Å². The van der Waals surface area contributed by atoms with Gasteiger partial charge in [-0.15, -0.1) is 0 Å². The fourth-order valence-corrected chi connectivity index (χ4v) is 2.36. The molecule has 7 heteroatoms. The van der Waals surface area contributed by atoms with E-state index in [1.54, 1.807) is 0 Å². The summed E-state index contributed by atoms with van der Waals surface area (Å²) >= 11 is 0. The molecule has 3 N–H and O–H groups in total. The Bertz CT molecular complexity index is 856. The van der Waals surface area contributed by atoms with Gasteiger partial charge >= 0.3 is 0 Å². The molecule has 25 heavy (non-hydrogen) atoms. The summed E-state index contributed by atoms with van der Waals surface area (Å²) in [6.07, 6.45) is 0.736. The molecule has 3 aromatic rings. The minimum atomic E-state index is -0.390. The van der Waals surface area contributed by atoms with E-state index >= 15 is 0 Å². The van der Waals surface area contributed by atoms with Gasteiger partial charge in [-0.25, -0.2) is 9.37 Å². The highest BCUT2D eigenvalue weighted by Crippen LogP contribution is 2.13. The second-order valence-corrected chi connectivity index (χ2v) is 5.52. The Hall–Kier alpha value is -3.22. The van der Waals surface area contributed by atoms with E-state index < -0.39 is 0 Å². The largest absolute Gasteiger partial charge is 0.352 e. The molecular formula is C18H17FN4O2. The number of nitrogens with one attached hydrogen (secondary N) is 3. The highest BCUT2D eigenvalue weighted by atomic mass is 19.1. The molecule has 0 radical (unpaired) electrons. The molecule has 0 unspecified atom stereocenters. The smallest absolute Gasteiger partial charge is 0.251 e. The van der Waals surface area contributed by atoms with Crippen molar-refractivity contribution in [3.05, 3.63) is 59.9 Å². The third kappa shape index (κ3) is 4.41. The number of aromatic amines is 1. The first kappa shape index (κ1) is 16.6. The molecule has 2 aromatic carbocycles. The zero-order valence-corrected chi connectivity index (χ0v) is 13.4. The van der Waals surface area contributed by atoms with Crippen LogP contribution in [0.4, 0.5) is 10.3 Å². The van der Waals surface area contributed by atoms with Gasteiger partial charge in [-0.3, -0.25) is 14.9 Å². The van der Waals surface area contributed by atoms with Crippen LogP contribution in [0.2, 0.25) is 0 Å². The first-order valence-electron chi connectivity index (χ1n) is 7.90. The summed E-state index contributed by atoms with van der Waals surface area (Å²) in [6, 6.07) is 12.8. The number of halogens is 1. The average Bonchev–Trinajstić information content (AvgIpc) is 3.01. The fraction of sp³-hybridized carbons (Fsp3) is 0.167. The molecule has 0 fully saturated rings. The normalized spacial score (nSPS) is 10.6. The maximum atomic E-state index is 12.8. The summed E-state index contributed by atoms with van der Waals surface area (Å²) in [5.41, 5.74) is 2.02. The number of H-pyrrole nitrogens is 1. The lowest BCUT2D eigenvalue weighted by molar-refractivity contribution is -0.116. The van der Waals surface area contributed by atoms with E-state index in [2.05, 4.69) is 20.6 Å².